The van der Waals surface area contributed by atoms with E-state index in [1.807, 2.05) is 30.7 Å². The van der Waals surface area contributed by atoms with Gasteiger partial charge in [0.15, 0.2) is 0 Å². The lowest BCUT2D eigenvalue weighted by atomic mass is 10.2. The molecule has 0 aliphatic carbocycles. The summed E-state index contributed by atoms with van der Waals surface area (Å²) in [5.41, 5.74) is 2.05. The average Bonchev–Trinajstić information content (AvgIpc) is 2.94. The molecular formula is C12H14N4O. The van der Waals surface area contributed by atoms with Crippen molar-refractivity contribution < 1.29 is 4.74 Å². The number of hydrogen-bond acceptors (Lipinski definition) is 4. The van der Waals surface area contributed by atoms with Crippen LogP contribution in [0.3, 0.4) is 0 Å². The van der Waals surface area contributed by atoms with E-state index in [2.05, 4.69) is 19.9 Å². The fourth-order valence-electron chi connectivity index (χ4n) is 1.90. The van der Waals surface area contributed by atoms with Crippen molar-refractivity contribution in [1.29, 1.82) is 0 Å². The Balaban J connectivity index is 1.80. The van der Waals surface area contributed by atoms with Crippen LogP contribution in [0.25, 0.3) is 11.3 Å². The number of aromatic nitrogens is 3. The zero-order chi connectivity index (χ0) is 11.5. The van der Waals surface area contributed by atoms with E-state index in [0.717, 1.165) is 43.5 Å². The van der Waals surface area contributed by atoms with Crippen LogP contribution in [0.2, 0.25) is 0 Å². The number of ether oxygens (including phenoxy) is 1. The van der Waals surface area contributed by atoms with E-state index < -0.39 is 0 Å². The Labute approximate surface area is 99.5 Å². The molecule has 5 nitrogen and oxygen atoms in total. The SMILES string of the molecule is c1c[nH]c(-c2cnc(N3CCOCC3)nc2)c1. The number of hydrogen-bond donors (Lipinski definition) is 1. The first-order valence-corrected chi connectivity index (χ1v) is 5.72. The summed E-state index contributed by atoms with van der Waals surface area (Å²) in [6, 6.07) is 3.97. The van der Waals surface area contributed by atoms with Crippen LogP contribution in [0.5, 0.6) is 0 Å². The standard InChI is InChI=1S/C12H14N4O/c1-2-11(13-3-1)10-8-14-12(15-9-10)16-4-6-17-7-5-16/h1-3,8-9,13H,4-7H2. The fourth-order valence-corrected chi connectivity index (χ4v) is 1.90. The number of H-pyrrole nitrogens is 1. The van der Waals surface area contributed by atoms with Crippen molar-refractivity contribution in [2.45, 2.75) is 0 Å². The molecule has 0 amide bonds. The van der Waals surface area contributed by atoms with Crippen molar-refractivity contribution in [2.75, 3.05) is 31.2 Å². The third kappa shape index (κ3) is 2.14. The summed E-state index contributed by atoms with van der Waals surface area (Å²) in [6.45, 7) is 3.23. The molecule has 0 aromatic carbocycles. The van der Waals surface area contributed by atoms with Crippen LogP contribution in [0.15, 0.2) is 30.7 Å². The third-order valence-corrected chi connectivity index (χ3v) is 2.84. The van der Waals surface area contributed by atoms with E-state index in [4.69, 9.17) is 4.74 Å². The van der Waals surface area contributed by atoms with Gasteiger partial charge in [0, 0.05) is 42.9 Å². The Morgan fingerprint density at radius 1 is 1.18 bits per heavy atom. The first-order chi connectivity index (χ1) is 8.43. The van der Waals surface area contributed by atoms with Crippen LogP contribution < -0.4 is 4.90 Å². The Morgan fingerprint density at radius 2 is 1.94 bits per heavy atom. The zero-order valence-electron chi connectivity index (χ0n) is 9.47. The highest BCUT2D eigenvalue weighted by Crippen LogP contribution is 2.17. The van der Waals surface area contributed by atoms with Crippen molar-refractivity contribution in [3.8, 4) is 11.3 Å². The van der Waals surface area contributed by atoms with Crippen LogP contribution in [-0.2, 0) is 4.74 Å². The maximum Gasteiger partial charge on any atom is 0.225 e. The largest absolute Gasteiger partial charge is 0.378 e. The average molecular weight is 230 g/mol. The molecule has 3 heterocycles. The van der Waals surface area contributed by atoms with Gasteiger partial charge in [-0.05, 0) is 12.1 Å². The molecule has 1 N–H and O–H groups in total. The second kappa shape index (κ2) is 4.55. The molecule has 3 rings (SSSR count). The summed E-state index contributed by atoms with van der Waals surface area (Å²) in [7, 11) is 0. The number of aromatic amines is 1. The number of nitrogens with one attached hydrogen (secondary N) is 1. The molecule has 2 aromatic heterocycles. The zero-order valence-corrected chi connectivity index (χ0v) is 9.47. The minimum atomic E-state index is 0.752. The predicted molar refractivity (Wildman–Crippen MR) is 64.9 cm³/mol. The number of anilines is 1. The molecule has 1 saturated heterocycles. The van der Waals surface area contributed by atoms with Gasteiger partial charge in [-0.25, -0.2) is 9.97 Å². The lowest BCUT2D eigenvalue weighted by Gasteiger charge is -2.26. The molecule has 2 aromatic rings. The maximum absolute atomic E-state index is 5.30. The molecular weight excluding hydrogens is 216 g/mol. The summed E-state index contributed by atoms with van der Waals surface area (Å²) in [6.07, 6.45) is 5.60. The van der Waals surface area contributed by atoms with E-state index in [-0.39, 0.29) is 0 Å². The molecule has 0 saturated carbocycles. The van der Waals surface area contributed by atoms with Crippen molar-refractivity contribution in [3.05, 3.63) is 30.7 Å². The van der Waals surface area contributed by atoms with E-state index in [1.54, 1.807) is 0 Å². The molecule has 0 radical (unpaired) electrons. The van der Waals surface area contributed by atoms with Gasteiger partial charge in [-0.15, -0.1) is 0 Å². The quantitative estimate of drug-likeness (QED) is 0.845. The van der Waals surface area contributed by atoms with Gasteiger partial charge >= 0.3 is 0 Å². The van der Waals surface area contributed by atoms with Crippen molar-refractivity contribution >= 4 is 5.95 Å². The fraction of sp³-hybridized carbons (Fsp3) is 0.333. The molecule has 17 heavy (non-hydrogen) atoms. The molecule has 0 spiro atoms. The van der Waals surface area contributed by atoms with Gasteiger partial charge in [0.1, 0.15) is 0 Å². The normalized spacial score (nSPS) is 16.1. The molecule has 0 bridgehead atoms. The summed E-state index contributed by atoms with van der Waals surface area (Å²) >= 11 is 0. The highest BCUT2D eigenvalue weighted by atomic mass is 16.5. The van der Waals surface area contributed by atoms with Gasteiger partial charge in [-0.2, -0.15) is 0 Å². The maximum atomic E-state index is 5.30. The summed E-state index contributed by atoms with van der Waals surface area (Å²) in [5.74, 6) is 0.781. The van der Waals surface area contributed by atoms with Gasteiger partial charge in [-0.3, -0.25) is 0 Å². The molecule has 5 heteroatoms. The first kappa shape index (κ1) is 10.3. The summed E-state index contributed by atoms with van der Waals surface area (Å²) in [5, 5.41) is 0. The van der Waals surface area contributed by atoms with E-state index >= 15 is 0 Å². The Morgan fingerprint density at radius 3 is 2.59 bits per heavy atom. The lowest BCUT2D eigenvalue weighted by molar-refractivity contribution is 0.122. The predicted octanol–water partition coefficient (Wildman–Crippen LogP) is 1.31. The Hall–Kier alpha value is -1.88. The molecule has 1 fully saturated rings. The minimum Gasteiger partial charge on any atom is -0.378 e. The van der Waals surface area contributed by atoms with Gasteiger partial charge in [0.25, 0.3) is 0 Å². The highest BCUT2D eigenvalue weighted by molar-refractivity contribution is 5.57. The first-order valence-electron chi connectivity index (χ1n) is 5.72. The molecule has 0 unspecified atom stereocenters. The van der Waals surface area contributed by atoms with Crippen LogP contribution in [0.1, 0.15) is 0 Å². The minimum absolute atomic E-state index is 0.752. The topological polar surface area (TPSA) is 54.0 Å². The van der Waals surface area contributed by atoms with Crippen LogP contribution in [-0.4, -0.2) is 41.3 Å². The van der Waals surface area contributed by atoms with E-state index in [1.165, 1.54) is 0 Å². The van der Waals surface area contributed by atoms with Crippen LogP contribution in [0.4, 0.5) is 5.95 Å². The van der Waals surface area contributed by atoms with E-state index in [0.29, 0.717) is 0 Å². The lowest BCUT2D eigenvalue weighted by Crippen LogP contribution is -2.37. The molecule has 88 valence electrons. The van der Waals surface area contributed by atoms with Crippen molar-refractivity contribution in [3.63, 3.8) is 0 Å². The van der Waals surface area contributed by atoms with Crippen LogP contribution >= 0.6 is 0 Å². The summed E-state index contributed by atoms with van der Waals surface area (Å²) in [4.78, 5) is 14.1. The highest BCUT2D eigenvalue weighted by Gasteiger charge is 2.13. The monoisotopic (exact) mass is 230 g/mol. The van der Waals surface area contributed by atoms with Crippen molar-refractivity contribution in [1.82, 2.24) is 15.0 Å². The van der Waals surface area contributed by atoms with Gasteiger partial charge in [-0.1, -0.05) is 0 Å². The second-order valence-electron chi connectivity index (χ2n) is 3.95. The smallest absolute Gasteiger partial charge is 0.225 e. The number of nitrogens with zero attached hydrogens (tertiary/aromatic N) is 3. The van der Waals surface area contributed by atoms with Crippen molar-refractivity contribution in [2.24, 2.45) is 0 Å². The number of rotatable bonds is 2. The van der Waals surface area contributed by atoms with Gasteiger partial charge in [0.2, 0.25) is 5.95 Å². The number of morpholine rings is 1. The molecule has 1 aliphatic rings. The third-order valence-electron chi connectivity index (χ3n) is 2.84. The Kier molecular flexibility index (Phi) is 2.75. The second-order valence-corrected chi connectivity index (χ2v) is 3.95. The Bertz CT molecular complexity index is 460. The summed E-state index contributed by atoms with van der Waals surface area (Å²) < 4.78 is 5.30. The van der Waals surface area contributed by atoms with E-state index in [9.17, 15) is 0 Å². The molecule has 0 atom stereocenters. The van der Waals surface area contributed by atoms with Gasteiger partial charge in [0.05, 0.1) is 13.2 Å². The van der Waals surface area contributed by atoms with Gasteiger partial charge < -0.3 is 14.6 Å². The van der Waals surface area contributed by atoms with Crippen LogP contribution in [0, 0.1) is 0 Å². The molecule has 1 aliphatic heterocycles.